The average molecular weight is 1570 g/mol. The van der Waals surface area contributed by atoms with E-state index in [1.165, 1.54) is 13.8 Å². The Kier molecular flexibility index (Phi) is 44.1. The third kappa shape index (κ3) is 36.5. The summed E-state index contributed by atoms with van der Waals surface area (Å²) in [6.45, 7) is 9.26. The van der Waals surface area contributed by atoms with Crippen LogP contribution < -0.4 is 103 Å². The molecule has 111 heavy (non-hydrogen) atoms. The van der Waals surface area contributed by atoms with Crippen LogP contribution in [0.25, 0.3) is 0 Å². The number of hydrogen-bond donors (Lipinski definition) is 22. The molecule has 0 spiro atoms. The van der Waals surface area contributed by atoms with Gasteiger partial charge < -0.3 is 118 Å². The summed E-state index contributed by atoms with van der Waals surface area (Å²) in [5, 5.41) is 64.8. The maximum absolute atomic E-state index is 14.1. The van der Waals surface area contributed by atoms with Gasteiger partial charge in [-0.1, -0.05) is 109 Å². The Bertz CT molecular complexity index is 3440. The van der Waals surface area contributed by atoms with Crippen molar-refractivity contribution in [2.75, 3.05) is 39.3 Å². The van der Waals surface area contributed by atoms with Gasteiger partial charge in [0, 0.05) is 19.3 Å². The lowest BCUT2D eigenvalue weighted by atomic mass is 9.96. The number of hydrogen-bond acceptors (Lipinski definition) is 22. The van der Waals surface area contributed by atoms with Crippen molar-refractivity contribution in [3.05, 3.63) is 71.8 Å². The Hall–Kier alpha value is -10.8. The van der Waals surface area contributed by atoms with Crippen molar-refractivity contribution in [2.24, 2.45) is 46.4 Å². The second-order valence-electron chi connectivity index (χ2n) is 27.6. The minimum Gasteiger partial charge on any atom is -0.481 e. The van der Waals surface area contributed by atoms with E-state index in [1.807, 2.05) is 0 Å². The van der Waals surface area contributed by atoms with E-state index in [-0.39, 0.29) is 51.1 Å². The summed E-state index contributed by atoms with van der Waals surface area (Å²) >= 11 is 0. The fourth-order valence-electron chi connectivity index (χ4n) is 10.9. The summed E-state index contributed by atoms with van der Waals surface area (Å²) in [4.78, 5) is 227. The second kappa shape index (κ2) is 50.8. The first-order valence-corrected chi connectivity index (χ1v) is 36.8. The fraction of sp³-hybridized carbons (Fsp3) is 0.597. The molecule has 0 unspecified atom stereocenters. The predicted octanol–water partition coefficient (Wildman–Crippen LogP) is -6.89. The van der Waals surface area contributed by atoms with Gasteiger partial charge in [0.1, 0.15) is 72.5 Å². The molecule has 0 radical (unpaired) electrons. The summed E-state index contributed by atoms with van der Waals surface area (Å²) in [6, 6.07) is -0.592. The highest BCUT2D eigenvalue weighted by Crippen LogP contribution is 2.15. The number of carboxylic acid groups (broad SMARTS) is 1. The topological polar surface area (TPSA) is 649 Å². The third-order valence-corrected chi connectivity index (χ3v) is 17.4. The van der Waals surface area contributed by atoms with E-state index in [0.717, 1.165) is 13.8 Å². The van der Waals surface area contributed by atoms with Crippen LogP contribution in [0.1, 0.15) is 137 Å². The molecule has 0 aliphatic carbocycles. The largest absolute Gasteiger partial charge is 0.481 e. The monoisotopic (exact) mass is 1570 g/mol. The number of aliphatic carboxylic acids is 1. The molecule has 0 aromatic heterocycles. The van der Waals surface area contributed by atoms with Gasteiger partial charge in [0.25, 0.3) is 0 Å². The number of unbranched alkanes of at least 4 members (excludes halogenated alkanes) is 2. The van der Waals surface area contributed by atoms with Gasteiger partial charge >= 0.3 is 5.97 Å². The molecule has 27 N–H and O–H groups in total. The molecule has 0 bridgehead atoms. The van der Waals surface area contributed by atoms with Crippen LogP contribution in [0, 0.1) is 17.8 Å². The Morgan fingerprint density at radius 2 is 0.829 bits per heavy atom. The predicted molar refractivity (Wildman–Crippen MR) is 402 cm³/mol. The summed E-state index contributed by atoms with van der Waals surface area (Å²) in [5.41, 5.74) is 29.3. The number of carbonyl (C=O) groups is 17. The first kappa shape index (κ1) is 96.3. The third-order valence-electron chi connectivity index (χ3n) is 17.4. The van der Waals surface area contributed by atoms with Gasteiger partial charge in [-0.05, 0) is 107 Å². The van der Waals surface area contributed by atoms with Gasteiger partial charge in [-0.3, -0.25) is 81.5 Å². The minimum atomic E-state index is -1.92. The van der Waals surface area contributed by atoms with E-state index in [4.69, 9.17) is 28.7 Å². The van der Waals surface area contributed by atoms with Crippen molar-refractivity contribution in [2.45, 2.75) is 217 Å². The van der Waals surface area contributed by atoms with Crippen LogP contribution in [0.2, 0.25) is 0 Å². The van der Waals surface area contributed by atoms with Crippen molar-refractivity contribution in [3.8, 4) is 0 Å². The van der Waals surface area contributed by atoms with Gasteiger partial charge in [-0.25, -0.2) is 0 Å². The number of rotatable bonds is 53. The SMILES string of the molecule is CC[C@H](C)[C@H](NC(=O)[C@H](CCCCN)NC(=O)[C@H](CO)NC(=O)[C@H](CC(C)C)NC(=O)[C@@H](NC(=O)CNC(=O)[C@H](CCC(N)=O)NC(=O)[C@H](C)NC(=O)[C@H](CC(=O)O)NC(=O)[C@@H](NC(=O)CNC(=O)[C@H](CCCCN)NC(=O)[C@H](Cc1ccccc1)NC(=O)CN)C(C)C)[C@@H](C)O)C(=O)N[C@@H](Cc1ccccc1)C(N)=O. The molecular weight excluding hydrogens is 1450 g/mol. The van der Waals surface area contributed by atoms with E-state index < -0.39 is 236 Å². The smallest absolute Gasteiger partial charge is 0.305 e. The molecule has 2 rings (SSSR count). The molecule has 0 aliphatic rings. The average Bonchev–Trinajstić information content (AvgIpc) is 0.836. The number of primary amides is 2. The molecule has 0 saturated carbocycles. The molecule has 2 aromatic carbocycles. The maximum atomic E-state index is 14.1. The summed E-state index contributed by atoms with van der Waals surface area (Å²) in [6.07, 6.45) is -1.92. The lowest BCUT2D eigenvalue weighted by molar-refractivity contribution is -0.141. The number of amides is 16. The number of aliphatic hydroxyl groups is 2. The zero-order chi connectivity index (χ0) is 83.6. The molecule has 0 aliphatic heterocycles. The first-order valence-electron chi connectivity index (χ1n) is 36.8. The van der Waals surface area contributed by atoms with Crippen molar-refractivity contribution >= 4 is 100 Å². The number of aliphatic hydroxyl groups excluding tert-OH is 2. The highest BCUT2D eigenvalue weighted by Gasteiger charge is 2.38. The molecule has 39 heteroatoms. The quantitative estimate of drug-likeness (QED) is 0.0274. The zero-order valence-electron chi connectivity index (χ0n) is 64.1. The van der Waals surface area contributed by atoms with E-state index in [2.05, 4.69) is 74.4 Å². The normalized spacial score (nSPS) is 14.9. The van der Waals surface area contributed by atoms with Gasteiger partial charge in [0.2, 0.25) is 94.5 Å². The zero-order valence-corrected chi connectivity index (χ0v) is 64.1. The van der Waals surface area contributed by atoms with Crippen LogP contribution >= 0.6 is 0 Å². The van der Waals surface area contributed by atoms with E-state index in [0.29, 0.717) is 43.2 Å². The van der Waals surface area contributed by atoms with Gasteiger partial charge in [-0.2, -0.15) is 0 Å². The lowest BCUT2D eigenvalue weighted by Gasteiger charge is -2.29. The van der Waals surface area contributed by atoms with Crippen LogP contribution in [0.15, 0.2) is 60.7 Å². The molecule has 0 fully saturated rings. The van der Waals surface area contributed by atoms with Crippen molar-refractivity contribution in [1.29, 1.82) is 0 Å². The van der Waals surface area contributed by atoms with Gasteiger partial charge in [0.05, 0.1) is 38.8 Å². The molecule has 39 nitrogen and oxygen atoms in total. The molecule has 0 saturated heterocycles. The molecule has 14 atom stereocenters. The number of carboxylic acids is 1. The van der Waals surface area contributed by atoms with Crippen LogP contribution in [-0.2, 0) is 94.3 Å². The van der Waals surface area contributed by atoms with E-state index in [9.17, 15) is 96.8 Å². The van der Waals surface area contributed by atoms with E-state index in [1.54, 1.807) is 88.4 Å². The lowest BCUT2D eigenvalue weighted by Crippen LogP contribution is -2.61. The summed E-state index contributed by atoms with van der Waals surface area (Å²) in [5.74, 6) is -18.7. The molecular formula is C72H115N19O20. The van der Waals surface area contributed by atoms with Crippen molar-refractivity contribution in [3.63, 3.8) is 0 Å². The first-order chi connectivity index (χ1) is 52.4. The standard InChI is InChI=1S/C72H115N19O20/c1-9-40(6)59(71(110)85-48(61(77)100)31-43-20-12-10-13-21-43)91-65(104)46(25-17-19-29-74)84-69(108)52(37-92)88-67(106)49(30-38(2)3)86-72(111)60(42(8)93)90-56(97)36-79-64(103)47(26-27-53(76)94)82-62(101)41(7)80-66(105)51(33-57(98)99)87-70(109)58(39(4)5)89-55(96)35-78-63(102)45(24-16-18-28-73)83-68(107)50(81-54(95)34-75)32-44-22-14-11-15-23-44/h10-15,20-23,38-42,45-52,58-60,92-93H,9,16-19,24-37,73-75H2,1-8H3,(H2,76,94)(H2,77,100)(H,78,102)(H,79,103)(H,80,105)(H,81,95)(H,82,101)(H,83,107)(H,84,108)(H,85,110)(H,86,111)(H,87,109)(H,88,106)(H,89,96)(H,90,97)(H,91,104)(H,98,99)/t40-,41-,42+,45-,46-,47-,48-,49-,50-,51-,52-,58-,59-,60-/m0/s1. The Labute approximate surface area is 644 Å². The van der Waals surface area contributed by atoms with Crippen LogP contribution in [-0.4, -0.2) is 234 Å². The molecule has 618 valence electrons. The minimum absolute atomic E-state index is 0.0255. The van der Waals surface area contributed by atoms with Crippen LogP contribution in [0.3, 0.4) is 0 Å². The van der Waals surface area contributed by atoms with E-state index >= 15 is 0 Å². The second-order valence-corrected chi connectivity index (χ2v) is 27.6. The van der Waals surface area contributed by atoms with Gasteiger partial charge in [0.15, 0.2) is 0 Å². The Morgan fingerprint density at radius 1 is 0.414 bits per heavy atom. The Balaban J connectivity index is 2.21. The number of nitrogens with one attached hydrogen (secondary N) is 14. The highest BCUT2D eigenvalue weighted by atomic mass is 16.4. The van der Waals surface area contributed by atoms with Crippen LogP contribution in [0.4, 0.5) is 0 Å². The summed E-state index contributed by atoms with van der Waals surface area (Å²) < 4.78 is 0. The summed E-state index contributed by atoms with van der Waals surface area (Å²) in [7, 11) is 0. The molecule has 0 heterocycles. The molecule has 2 aromatic rings. The van der Waals surface area contributed by atoms with Crippen molar-refractivity contribution < 1.29 is 96.8 Å². The number of carbonyl (C=O) groups excluding carboxylic acids is 16. The molecule has 16 amide bonds. The number of benzene rings is 2. The maximum Gasteiger partial charge on any atom is 0.305 e. The number of nitrogens with two attached hydrogens (primary N) is 5. The Morgan fingerprint density at radius 3 is 1.29 bits per heavy atom. The van der Waals surface area contributed by atoms with Crippen LogP contribution in [0.5, 0.6) is 0 Å². The van der Waals surface area contributed by atoms with Crippen molar-refractivity contribution in [1.82, 2.24) is 74.4 Å². The van der Waals surface area contributed by atoms with Gasteiger partial charge in [-0.15, -0.1) is 0 Å². The highest BCUT2D eigenvalue weighted by molar-refractivity contribution is 6.00. The fourth-order valence-corrected chi connectivity index (χ4v) is 10.9.